The Morgan fingerprint density at radius 2 is 1.89 bits per heavy atom. The van der Waals surface area contributed by atoms with Crippen LogP contribution in [0.4, 0.5) is 5.69 Å². The van der Waals surface area contributed by atoms with E-state index in [1.165, 1.54) is 0 Å². The predicted molar refractivity (Wildman–Crippen MR) is 77.6 cm³/mol. The van der Waals surface area contributed by atoms with E-state index in [0.717, 1.165) is 5.69 Å². The van der Waals surface area contributed by atoms with Gasteiger partial charge in [0.1, 0.15) is 5.75 Å². The van der Waals surface area contributed by atoms with E-state index in [2.05, 4.69) is 0 Å². The van der Waals surface area contributed by atoms with Gasteiger partial charge in [-0.25, -0.2) is 0 Å². The van der Waals surface area contributed by atoms with Gasteiger partial charge < -0.3 is 14.4 Å². The molecule has 0 atom stereocenters. The molecule has 4 nitrogen and oxygen atoms in total. The van der Waals surface area contributed by atoms with Crippen LogP contribution in [0.15, 0.2) is 18.2 Å². The second kappa shape index (κ2) is 7.82. The molecule has 0 spiro atoms. The minimum atomic E-state index is 0. The van der Waals surface area contributed by atoms with Crippen LogP contribution >= 0.6 is 12.4 Å². The summed E-state index contributed by atoms with van der Waals surface area (Å²) in [5, 5.41) is 7.81. The Kier molecular flexibility index (Phi) is 7.20. The molecule has 1 N–H and O–H groups in total. The van der Waals surface area contributed by atoms with Crippen LogP contribution in [0.1, 0.15) is 19.4 Å². The van der Waals surface area contributed by atoms with Crippen molar-refractivity contribution in [1.29, 1.82) is 5.41 Å². The second-order valence-electron chi connectivity index (χ2n) is 3.77. The van der Waals surface area contributed by atoms with Gasteiger partial charge in [-0.2, -0.15) is 0 Å². The average Bonchev–Trinajstić information content (AvgIpc) is 2.29. The summed E-state index contributed by atoms with van der Waals surface area (Å²) >= 11 is 0. The van der Waals surface area contributed by atoms with Crippen LogP contribution in [-0.2, 0) is 4.74 Å². The molecular weight excluding hydrogens is 252 g/mol. The molecule has 0 amide bonds. The summed E-state index contributed by atoms with van der Waals surface area (Å²) in [5.41, 5.74) is 1.74. The van der Waals surface area contributed by atoms with Crippen molar-refractivity contribution in [3.05, 3.63) is 23.8 Å². The van der Waals surface area contributed by atoms with E-state index in [9.17, 15) is 0 Å². The molecule has 1 aromatic carbocycles. The van der Waals surface area contributed by atoms with Crippen molar-refractivity contribution < 1.29 is 9.47 Å². The second-order valence-corrected chi connectivity index (χ2v) is 3.77. The number of anilines is 1. The largest absolute Gasteiger partial charge is 0.493 e. The zero-order valence-electron chi connectivity index (χ0n) is 11.3. The summed E-state index contributed by atoms with van der Waals surface area (Å²) in [5.74, 6) is 0.846. The van der Waals surface area contributed by atoms with Gasteiger partial charge in [0.2, 0.25) is 5.90 Å². The van der Waals surface area contributed by atoms with E-state index >= 15 is 0 Å². The Balaban J connectivity index is 0.00000289. The Morgan fingerprint density at radius 3 is 2.39 bits per heavy atom. The Labute approximate surface area is 115 Å². The first-order valence-electron chi connectivity index (χ1n) is 5.76. The lowest BCUT2D eigenvalue weighted by Crippen LogP contribution is -2.12. The van der Waals surface area contributed by atoms with E-state index in [4.69, 9.17) is 14.9 Å². The molecule has 1 rings (SSSR count). The average molecular weight is 273 g/mol. The van der Waals surface area contributed by atoms with Crippen molar-refractivity contribution >= 4 is 24.0 Å². The highest BCUT2D eigenvalue weighted by Crippen LogP contribution is 2.25. The number of halogens is 1. The van der Waals surface area contributed by atoms with E-state index in [1.807, 2.05) is 51.0 Å². The summed E-state index contributed by atoms with van der Waals surface area (Å²) in [4.78, 5) is 2.00. The van der Waals surface area contributed by atoms with Gasteiger partial charge in [0.15, 0.2) is 0 Å². The van der Waals surface area contributed by atoms with Crippen LogP contribution in [0.5, 0.6) is 5.75 Å². The number of ether oxygens (including phenoxy) is 2. The fourth-order valence-corrected chi connectivity index (χ4v) is 1.47. The van der Waals surface area contributed by atoms with Crippen molar-refractivity contribution in [2.75, 3.05) is 32.2 Å². The number of benzene rings is 1. The van der Waals surface area contributed by atoms with Gasteiger partial charge in [0, 0.05) is 25.8 Å². The molecule has 0 aliphatic rings. The molecule has 0 saturated heterocycles. The predicted octanol–water partition coefficient (Wildman–Crippen LogP) is 2.93. The molecule has 102 valence electrons. The highest BCUT2D eigenvalue weighted by Gasteiger charge is 2.11. The Bertz CT molecular complexity index is 395. The van der Waals surface area contributed by atoms with Crippen molar-refractivity contribution in [3.8, 4) is 5.75 Å². The number of hydrogen-bond acceptors (Lipinski definition) is 4. The Hall–Kier alpha value is -1.42. The number of rotatable bonds is 5. The van der Waals surface area contributed by atoms with Gasteiger partial charge in [-0.05, 0) is 26.0 Å². The van der Waals surface area contributed by atoms with E-state index in [0.29, 0.717) is 24.5 Å². The molecule has 0 saturated carbocycles. The molecule has 0 fully saturated rings. The normalized spacial score (nSPS) is 9.33. The summed E-state index contributed by atoms with van der Waals surface area (Å²) in [6.07, 6.45) is 0. The third kappa shape index (κ3) is 4.11. The monoisotopic (exact) mass is 272 g/mol. The summed E-state index contributed by atoms with van der Waals surface area (Å²) in [6.45, 7) is 4.85. The maximum absolute atomic E-state index is 7.81. The van der Waals surface area contributed by atoms with Crippen LogP contribution in [-0.4, -0.2) is 33.2 Å². The lowest BCUT2D eigenvalue weighted by molar-refractivity contribution is 0.315. The van der Waals surface area contributed by atoms with Gasteiger partial charge in [0.25, 0.3) is 0 Å². The third-order valence-electron chi connectivity index (χ3n) is 2.31. The maximum atomic E-state index is 7.81. The fraction of sp³-hybridized carbons (Fsp3) is 0.462. The quantitative estimate of drug-likeness (QED) is 0.662. The molecule has 0 aliphatic heterocycles. The molecule has 5 heteroatoms. The molecular formula is C13H21ClN2O2. The molecule has 0 radical (unpaired) electrons. The van der Waals surface area contributed by atoms with Crippen LogP contribution in [0, 0.1) is 5.41 Å². The topological polar surface area (TPSA) is 45.5 Å². The molecule has 0 aliphatic carbocycles. The van der Waals surface area contributed by atoms with Gasteiger partial charge >= 0.3 is 0 Å². The van der Waals surface area contributed by atoms with Crippen molar-refractivity contribution in [2.24, 2.45) is 0 Å². The molecule has 18 heavy (non-hydrogen) atoms. The van der Waals surface area contributed by atoms with Gasteiger partial charge in [-0.1, -0.05) is 0 Å². The lowest BCUT2D eigenvalue weighted by Gasteiger charge is -2.17. The van der Waals surface area contributed by atoms with Gasteiger partial charge in [0.05, 0.1) is 18.8 Å². The Morgan fingerprint density at radius 1 is 1.22 bits per heavy atom. The van der Waals surface area contributed by atoms with Gasteiger partial charge in [-0.15, -0.1) is 12.4 Å². The van der Waals surface area contributed by atoms with Crippen molar-refractivity contribution in [2.45, 2.75) is 13.8 Å². The van der Waals surface area contributed by atoms with Crippen molar-refractivity contribution in [3.63, 3.8) is 0 Å². The molecule has 0 unspecified atom stereocenters. The first-order valence-corrected chi connectivity index (χ1v) is 5.76. The standard InChI is InChI=1S/C13H20N2O2.ClH/c1-5-16-12-9-10(15(3)4)7-8-11(12)13(14)17-6-2;/h7-9,14H,5-6H2,1-4H3;1H. The zero-order chi connectivity index (χ0) is 12.8. The van der Waals surface area contributed by atoms with E-state index in [1.54, 1.807) is 0 Å². The number of nitrogens with one attached hydrogen (secondary N) is 1. The van der Waals surface area contributed by atoms with Crippen LogP contribution in [0.2, 0.25) is 0 Å². The molecule has 0 bridgehead atoms. The van der Waals surface area contributed by atoms with Crippen LogP contribution in [0.3, 0.4) is 0 Å². The first kappa shape index (κ1) is 16.6. The van der Waals surface area contributed by atoms with E-state index in [-0.39, 0.29) is 18.3 Å². The SMILES string of the molecule is CCOC(=N)c1ccc(N(C)C)cc1OCC.Cl. The minimum absolute atomic E-state index is 0. The number of hydrogen-bond donors (Lipinski definition) is 1. The van der Waals surface area contributed by atoms with Crippen molar-refractivity contribution in [1.82, 2.24) is 0 Å². The summed E-state index contributed by atoms with van der Waals surface area (Å²) < 4.78 is 10.8. The summed E-state index contributed by atoms with van der Waals surface area (Å²) in [6, 6.07) is 5.73. The first-order chi connectivity index (χ1) is 8.10. The molecule has 0 heterocycles. The van der Waals surface area contributed by atoms with Gasteiger partial charge in [-0.3, -0.25) is 5.41 Å². The highest BCUT2D eigenvalue weighted by molar-refractivity contribution is 5.95. The maximum Gasteiger partial charge on any atom is 0.217 e. The van der Waals surface area contributed by atoms with Crippen LogP contribution < -0.4 is 9.64 Å². The fourth-order valence-electron chi connectivity index (χ4n) is 1.47. The summed E-state index contributed by atoms with van der Waals surface area (Å²) in [7, 11) is 3.94. The molecule has 0 aromatic heterocycles. The zero-order valence-corrected chi connectivity index (χ0v) is 12.1. The molecule has 1 aromatic rings. The minimum Gasteiger partial charge on any atom is -0.493 e. The smallest absolute Gasteiger partial charge is 0.217 e. The number of nitrogens with zero attached hydrogens (tertiary/aromatic N) is 1. The highest BCUT2D eigenvalue weighted by atomic mass is 35.5. The van der Waals surface area contributed by atoms with Crippen LogP contribution in [0.25, 0.3) is 0 Å². The lowest BCUT2D eigenvalue weighted by atomic mass is 10.1. The third-order valence-corrected chi connectivity index (χ3v) is 2.31. The van der Waals surface area contributed by atoms with E-state index < -0.39 is 0 Å².